The van der Waals surface area contributed by atoms with Gasteiger partial charge in [0.15, 0.2) is 10.6 Å². The third-order valence-electron chi connectivity index (χ3n) is 3.09. The Bertz CT molecular complexity index is 400. The zero-order chi connectivity index (χ0) is 15.3. The number of hydrogen-bond donors (Lipinski definition) is 2. The van der Waals surface area contributed by atoms with Crippen LogP contribution in [0.15, 0.2) is 0 Å². The van der Waals surface area contributed by atoms with Crippen molar-refractivity contribution in [2.24, 2.45) is 17.1 Å². The molecule has 0 aromatic rings. The highest BCUT2D eigenvalue weighted by atomic mass is 32.2. The second kappa shape index (κ2) is 6.97. The molecule has 0 radical (unpaired) electrons. The van der Waals surface area contributed by atoms with Crippen LogP contribution in [0.4, 0.5) is 0 Å². The maximum Gasteiger partial charge on any atom is 0.323 e. The van der Waals surface area contributed by atoms with E-state index in [1.54, 1.807) is 6.92 Å². The molecule has 7 heteroatoms. The van der Waals surface area contributed by atoms with Crippen molar-refractivity contribution >= 4 is 28.9 Å². The highest BCUT2D eigenvalue weighted by Gasteiger charge is 2.56. The number of ether oxygens (including phenoxy) is 2. The molecule has 0 aromatic carbocycles. The Morgan fingerprint density at radius 2 is 2.30 bits per heavy atom. The van der Waals surface area contributed by atoms with Gasteiger partial charge in [-0.3, -0.25) is 15.0 Å². The summed E-state index contributed by atoms with van der Waals surface area (Å²) in [6.07, 6.45) is 0.300. The number of carbonyl (C=O) groups is 2. The lowest BCUT2D eigenvalue weighted by Gasteiger charge is -2.24. The predicted octanol–water partition coefficient (Wildman–Crippen LogP) is 1.52. The standard InChI is InChI=1S/C13H22N2O4S/c1-4-18-10(16)13(5-8(2)3)6-9(19-11(13)17)7-20-12(14)15/h8-9H,4-7H2,1-3H3,(H3,14,15)/t9-,13+/m1/s1. The SMILES string of the molecule is CCOC(=O)[C@]1(CC(C)C)C[C@H](CSC(=N)N)OC1=O. The second-order valence-electron chi connectivity index (χ2n) is 5.31. The molecule has 1 aliphatic rings. The maximum atomic E-state index is 12.2. The summed E-state index contributed by atoms with van der Waals surface area (Å²) in [5.74, 6) is -0.459. The first-order valence-electron chi connectivity index (χ1n) is 6.67. The summed E-state index contributed by atoms with van der Waals surface area (Å²) >= 11 is 1.11. The molecular weight excluding hydrogens is 280 g/mol. The lowest BCUT2D eigenvalue weighted by atomic mass is 9.77. The van der Waals surface area contributed by atoms with Crippen molar-refractivity contribution in [1.29, 1.82) is 5.41 Å². The van der Waals surface area contributed by atoms with E-state index in [0.717, 1.165) is 11.8 Å². The summed E-state index contributed by atoms with van der Waals surface area (Å²) in [6, 6.07) is 0. The summed E-state index contributed by atoms with van der Waals surface area (Å²) < 4.78 is 10.3. The van der Waals surface area contributed by atoms with Gasteiger partial charge in [-0.15, -0.1) is 0 Å². The first-order chi connectivity index (χ1) is 9.31. The summed E-state index contributed by atoms with van der Waals surface area (Å²) in [5.41, 5.74) is 4.07. The Hall–Kier alpha value is -1.24. The van der Waals surface area contributed by atoms with Crippen molar-refractivity contribution in [3.05, 3.63) is 0 Å². The number of nitrogens with two attached hydrogens (primary N) is 1. The van der Waals surface area contributed by atoms with Crippen molar-refractivity contribution in [1.82, 2.24) is 0 Å². The molecule has 1 heterocycles. The lowest BCUT2D eigenvalue weighted by molar-refractivity contribution is -0.166. The average molecular weight is 302 g/mol. The molecule has 0 unspecified atom stereocenters. The number of hydrogen-bond acceptors (Lipinski definition) is 6. The van der Waals surface area contributed by atoms with Crippen LogP contribution in [0.2, 0.25) is 0 Å². The number of esters is 2. The van der Waals surface area contributed by atoms with Crippen LogP contribution in [-0.4, -0.2) is 35.6 Å². The van der Waals surface area contributed by atoms with E-state index in [1.165, 1.54) is 0 Å². The summed E-state index contributed by atoms with van der Waals surface area (Å²) in [6.45, 7) is 5.85. The van der Waals surface area contributed by atoms with Crippen molar-refractivity contribution in [3.8, 4) is 0 Å². The van der Waals surface area contributed by atoms with Crippen molar-refractivity contribution in [2.75, 3.05) is 12.4 Å². The molecule has 0 bridgehead atoms. The van der Waals surface area contributed by atoms with Crippen LogP contribution in [0.5, 0.6) is 0 Å². The van der Waals surface area contributed by atoms with E-state index >= 15 is 0 Å². The molecule has 0 amide bonds. The minimum Gasteiger partial charge on any atom is -0.465 e. The molecular formula is C13H22N2O4S. The number of nitrogens with one attached hydrogen (secondary N) is 1. The Labute approximate surface area is 123 Å². The van der Waals surface area contributed by atoms with E-state index in [2.05, 4.69) is 0 Å². The van der Waals surface area contributed by atoms with E-state index < -0.39 is 23.5 Å². The molecule has 0 aliphatic carbocycles. The quantitative estimate of drug-likeness (QED) is 0.334. The number of thioether (sulfide) groups is 1. The third-order valence-corrected chi connectivity index (χ3v) is 3.94. The number of amidine groups is 1. The zero-order valence-electron chi connectivity index (χ0n) is 12.1. The van der Waals surface area contributed by atoms with Gasteiger partial charge in [-0.1, -0.05) is 25.6 Å². The van der Waals surface area contributed by atoms with Crippen LogP contribution in [-0.2, 0) is 19.1 Å². The van der Waals surface area contributed by atoms with Gasteiger partial charge < -0.3 is 15.2 Å². The van der Waals surface area contributed by atoms with Crippen molar-refractivity contribution in [3.63, 3.8) is 0 Å². The predicted molar refractivity (Wildman–Crippen MR) is 77.4 cm³/mol. The van der Waals surface area contributed by atoms with E-state index in [0.29, 0.717) is 18.6 Å². The fraction of sp³-hybridized carbons (Fsp3) is 0.769. The molecule has 20 heavy (non-hydrogen) atoms. The maximum absolute atomic E-state index is 12.2. The molecule has 0 aromatic heterocycles. The van der Waals surface area contributed by atoms with Gasteiger partial charge in [0.2, 0.25) is 0 Å². The fourth-order valence-corrected chi connectivity index (χ4v) is 2.99. The van der Waals surface area contributed by atoms with Gasteiger partial charge >= 0.3 is 11.9 Å². The monoisotopic (exact) mass is 302 g/mol. The third kappa shape index (κ3) is 3.88. The Morgan fingerprint density at radius 1 is 1.65 bits per heavy atom. The average Bonchev–Trinajstić information content (AvgIpc) is 2.64. The fourth-order valence-electron chi connectivity index (χ4n) is 2.44. The number of rotatable bonds is 6. The van der Waals surface area contributed by atoms with Gasteiger partial charge in [0.05, 0.1) is 6.61 Å². The molecule has 1 fully saturated rings. The van der Waals surface area contributed by atoms with Crippen LogP contribution in [0.3, 0.4) is 0 Å². The Kier molecular flexibility index (Phi) is 5.86. The molecule has 114 valence electrons. The minimum absolute atomic E-state index is 0.0291. The topological polar surface area (TPSA) is 102 Å². The molecule has 1 aliphatic heterocycles. The van der Waals surface area contributed by atoms with Crippen LogP contribution in [0.25, 0.3) is 0 Å². The normalized spacial score (nSPS) is 25.6. The van der Waals surface area contributed by atoms with Crippen LogP contribution < -0.4 is 5.73 Å². The molecule has 3 N–H and O–H groups in total. The van der Waals surface area contributed by atoms with E-state index in [1.807, 2.05) is 13.8 Å². The van der Waals surface area contributed by atoms with Crippen molar-refractivity contribution in [2.45, 2.75) is 39.7 Å². The first-order valence-corrected chi connectivity index (χ1v) is 7.65. The van der Waals surface area contributed by atoms with Crippen molar-refractivity contribution < 1.29 is 19.1 Å². The van der Waals surface area contributed by atoms with Crippen LogP contribution in [0, 0.1) is 16.7 Å². The van der Waals surface area contributed by atoms with Gasteiger partial charge in [0.25, 0.3) is 0 Å². The first kappa shape index (κ1) is 16.8. The van der Waals surface area contributed by atoms with E-state index in [9.17, 15) is 9.59 Å². The number of cyclic esters (lactones) is 1. The molecule has 6 nitrogen and oxygen atoms in total. The molecule has 1 rings (SSSR count). The number of carbonyl (C=O) groups excluding carboxylic acids is 2. The molecule has 1 saturated heterocycles. The van der Waals surface area contributed by atoms with Gasteiger partial charge in [-0.25, -0.2) is 0 Å². The van der Waals surface area contributed by atoms with Crippen LogP contribution in [0.1, 0.15) is 33.6 Å². The largest absolute Gasteiger partial charge is 0.465 e. The van der Waals surface area contributed by atoms with E-state index in [4.69, 9.17) is 20.6 Å². The molecule has 0 spiro atoms. The van der Waals surface area contributed by atoms with Crippen LogP contribution >= 0.6 is 11.8 Å². The van der Waals surface area contributed by atoms with Gasteiger partial charge in [0.1, 0.15) is 6.10 Å². The highest BCUT2D eigenvalue weighted by Crippen LogP contribution is 2.41. The highest BCUT2D eigenvalue weighted by molar-refractivity contribution is 8.13. The minimum atomic E-state index is -1.20. The zero-order valence-corrected chi connectivity index (χ0v) is 12.9. The smallest absolute Gasteiger partial charge is 0.323 e. The van der Waals surface area contributed by atoms with Gasteiger partial charge in [-0.2, -0.15) is 0 Å². The molecule has 0 saturated carbocycles. The van der Waals surface area contributed by atoms with Gasteiger partial charge in [-0.05, 0) is 19.3 Å². The lowest BCUT2D eigenvalue weighted by Crippen LogP contribution is -2.38. The van der Waals surface area contributed by atoms with Gasteiger partial charge in [0, 0.05) is 12.2 Å². The summed E-state index contributed by atoms with van der Waals surface area (Å²) in [7, 11) is 0. The molecule has 2 atom stereocenters. The van der Waals surface area contributed by atoms with E-state index in [-0.39, 0.29) is 17.7 Å². The summed E-state index contributed by atoms with van der Waals surface area (Å²) in [4.78, 5) is 24.4. The Balaban J connectivity index is 2.85. The summed E-state index contributed by atoms with van der Waals surface area (Å²) in [5, 5.41) is 7.15. The Morgan fingerprint density at radius 3 is 2.80 bits per heavy atom. The second-order valence-corrected chi connectivity index (χ2v) is 6.37.